The minimum Gasteiger partial charge on any atom is -0.319 e. The standard InChI is InChI=1S/C15H31NO2S/c1-4-5-6-14-7-9-15(10-8-14,13-16-2)11-12-19(3,17)18/h14,16H,4-13H2,1-3H3. The van der Waals surface area contributed by atoms with E-state index in [1.165, 1.54) is 51.2 Å². The van der Waals surface area contributed by atoms with Crippen molar-refractivity contribution in [2.24, 2.45) is 11.3 Å². The van der Waals surface area contributed by atoms with Crippen LogP contribution >= 0.6 is 0 Å². The zero-order chi connectivity index (χ0) is 14.4. The van der Waals surface area contributed by atoms with Crippen molar-refractivity contribution in [1.82, 2.24) is 5.32 Å². The lowest BCUT2D eigenvalue weighted by atomic mass is 9.68. The monoisotopic (exact) mass is 289 g/mol. The van der Waals surface area contributed by atoms with E-state index in [1.807, 2.05) is 7.05 Å². The summed E-state index contributed by atoms with van der Waals surface area (Å²) in [5, 5.41) is 3.28. The molecule has 0 aliphatic heterocycles. The largest absolute Gasteiger partial charge is 0.319 e. The average Bonchev–Trinajstić information content (AvgIpc) is 2.36. The van der Waals surface area contributed by atoms with Crippen molar-refractivity contribution in [1.29, 1.82) is 0 Å². The summed E-state index contributed by atoms with van der Waals surface area (Å²) < 4.78 is 22.8. The van der Waals surface area contributed by atoms with Crippen molar-refractivity contribution in [3.05, 3.63) is 0 Å². The van der Waals surface area contributed by atoms with Crippen LogP contribution in [0.15, 0.2) is 0 Å². The third kappa shape index (κ3) is 6.26. The molecule has 3 nitrogen and oxygen atoms in total. The number of hydrogen-bond donors (Lipinski definition) is 1. The molecule has 114 valence electrons. The molecule has 1 N–H and O–H groups in total. The first kappa shape index (κ1) is 17.0. The minimum absolute atomic E-state index is 0.223. The van der Waals surface area contributed by atoms with Gasteiger partial charge in [0.05, 0.1) is 5.75 Å². The molecule has 0 bridgehead atoms. The highest BCUT2D eigenvalue weighted by atomic mass is 32.2. The van der Waals surface area contributed by atoms with E-state index in [0.29, 0.717) is 5.75 Å². The van der Waals surface area contributed by atoms with Gasteiger partial charge in [-0.2, -0.15) is 0 Å². The van der Waals surface area contributed by atoms with Gasteiger partial charge in [-0.3, -0.25) is 0 Å². The van der Waals surface area contributed by atoms with Gasteiger partial charge in [-0.25, -0.2) is 8.42 Å². The highest BCUT2D eigenvalue weighted by molar-refractivity contribution is 7.90. The number of nitrogens with one attached hydrogen (secondary N) is 1. The van der Waals surface area contributed by atoms with Crippen LogP contribution in [0, 0.1) is 11.3 Å². The van der Waals surface area contributed by atoms with Gasteiger partial charge in [0.15, 0.2) is 0 Å². The zero-order valence-electron chi connectivity index (χ0n) is 12.9. The van der Waals surface area contributed by atoms with Gasteiger partial charge in [-0.15, -0.1) is 0 Å². The molecule has 0 saturated heterocycles. The fourth-order valence-electron chi connectivity index (χ4n) is 3.36. The first-order valence-corrected chi connectivity index (χ1v) is 9.79. The summed E-state index contributed by atoms with van der Waals surface area (Å²) in [5.74, 6) is 1.22. The van der Waals surface area contributed by atoms with Gasteiger partial charge >= 0.3 is 0 Å². The van der Waals surface area contributed by atoms with E-state index >= 15 is 0 Å². The Bertz CT molecular complexity index is 343. The molecule has 0 amide bonds. The summed E-state index contributed by atoms with van der Waals surface area (Å²) in [7, 11) is -0.858. The van der Waals surface area contributed by atoms with Crippen LogP contribution in [0.5, 0.6) is 0 Å². The molecule has 0 radical (unpaired) electrons. The molecular formula is C15H31NO2S. The highest BCUT2D eigenvalue weighted by Gasteiger charge is 2.34. The molecule has 4 heteroatoms. The molecule has 0 aromatic carbocycles. The molecular weight excluding hydrogens is 258 g/mol. The van der Waals surface area contributed by atoms with Crippen LogP contribution in [0.3, 0.4) is 0 Å². The predicted octanol–water partition coefficient (Wildman–Crippen LogP) is 3.01. The first-order valence-electron chi connectivity index (χ1n) is 7.73. The Kier molecular flexibility index (Phi) is 6.81. The lowest BCUT2D eigenvalue weighted by Crippen LogP contribution is -2.38. The second kappa shape index (κ2) is 7.63. The van der Waals surface area contributed by atoms with Crippen molar-refractivity contribution in [2.75, 3.05) is 25.6 Å². The number of unbranched alkanes of at least 4 members (excludes halogenated alkanes) is 1. The van der Waals surface area contributed by atoms with Crippen LogP contribution in [0.2, 0.25) is 0 Å². The Morgan fingerprint density at radius 2 is 1.89 bits per heavy atom. The van der Waals surface area contributed by atoms with Gasteiger partial charge in [0.1, 0.15) is 9.84 Å². The summed E-state index contributed by atoms with van der Waals surface area (Å²) >= 11 is 0. The Balaban J connectivity index is 2.50. The molecule has 1 saturated carbocycles. The SMILES string of the molecule is CCCCC1CCC(CCS(C)(=O)=O)(CNC)CC1. The molecule has 1 fully saturated rings. The van der Waals surface area contributed by atoms with Crippen LogP contribution in [0.1, 0.15) is 58.3 Å². The molecule has 19 heavy (non-hydrogen) atoms. The molecule has 1 rings (SSSR count). The molecule has 0 aromatic rings. The lowest BCUT2D eigenvalue weighted by molar-refractivity contribution is 0.137. The van der Waals surface area contributed by atoms with Crippen LogP contribution < -0.4 is 5.32 Å². The van der Waals surface area contributed by atoms with E-state index in [0.717, 1.165) is 18.9 Å². The highest BCUT2D eigenvalue weighted by Crippen LogP contribution is 2.42. The van der Waals surface area contributed by atoms with Crippen molar-refractivity contribution in [2.45, 2.75) is 58.3 Å². The van der Waals surface area contributed by atoms with Crippen LogP contribution in [-0.4, -0.2) is 34.0 Å². The zero-order valence-corrected chi connectivity index (χ0v) is 13.7. The lowest BCUT2D eigenvalue weighted by Gasteiger charge is -2.40. The Morgan fingerprint density at radius 3 is 2.37 bits per heavy atom. The third-order valence-corrected chi connectivity index (χ3v) is 5.63. The van der Waals surface area contributed by atoms with Crippen molar-refractivity contribution in [3.8, 4) is 0 Å². The number of rotatable bonds is 8. The van der Waals surface area contributed by atoms with E-state index < -0.39 is 9.84 Å². The summed E-state index contributed by atoms with van der Waals surface area (Å²) in [4.78, 5) is 0. The third-order valence-electron chi connectivity index (χ3n) is 4.69. The summed E-state index contributed by atoms with van der Waals surface area (Å²) in [6.07, 6.45) is 11.1. The maximum Gasteiger partial charge on any atom is 0.147 e. The van der Waals surface area contributed by atoms with Gasteiger partial charge in [0.25, 0.3) is 0 Å². The smallest absolute Gasteiger partial charge is 0.147 e. The van der Waals surface area contributed by atoms with E-state index in [2.05, 4.69) is 12.2 Å². The molecule has 1 aliphatic carbocycles. The van der Waals surface area contributed by atoms with Gasteiger partial charge in [-0.05, 0) is 50.5 Å². The van der Waals surface area contributed by atoms with E-state index in [-0.39, 0.29) is 5.41 Å². The second-order valence-electron chi connectivity index (χ2n) is 6.50. The quantitative estimate of drug-likeness (QED) is 0.747. The summed E-state index contributed by atoms with van der Waals surface area (Å²) in [6.45, 7) is 3.21. The van der Waals surface area contributed by atoms with Crippen molar-refractivity contribution >= 4 is 9.84 Å². The Labute approximate surface area is 119 Å². The Hall–Kier alpha value is -0.0900. The van der Waals surface area contributed by atoms with Crippen LogP contribution in [-0.2, 0) is 9.84 Å². The Morgan fingerprint density at radius 1 is 1.26 bits per heavy atom. The molecule has 0 unspecified atom stereocenters. The minimum atomic E-state index is -2.84. The predicted molar refractivity (Wildman–Crippen MR) is 82.2 cm³/mol. The van der Waals surface area contributed by atoms with Gasteiger partial charge < -0.3 is 5.32 Å². The van der Waals surface area contributed by atoms with E-state index in [1.54, 1.807) is 0 Å². The molecule has 1 aliphatic rings. The van der Waals surface area contributed by atoms with Gasteiger partial charge in [-0.1, -0.05) is 26.2 Å². The maximum atomic E-state index is 11.4. The maximum absolute atomic E-state index is 11.4. The van der Waals surface area contributed by atoms with Crippen LogP contribution in [0.25, 0.3) is 0 Å². The normalized spacial score (nSPS) is 28.5. The average molecular weight is 289 g/mol. The number of hydrogen-bond acceptors (Lipinski definition) is 3. The van der Waals surface area contributed by atoms with Crippen molar-refractivity contribution in [3.63, 3.8) is 0 Å². The topological polar surface area (TPSA) is 46.2 Å². The summed E-state index contributed by atoms with van der Waals surface area (Å²) in [6, 6.07) is 0. The number of sulfone groups is 1. The second-order valence-corrected chi connectivity index (χ2v) is 8.76. The van der Waals surface area contributed by atoms with Gasteiger partial charge in [0, 0.05) is 12.8 Å². The van der Waals surface area contributed by atoms with E-state index in [4.69, 9.17) is 0 Å². The fourth-order valence-corrected chi connectivity index (χ4v) is 4.17. The molecule has 0 atom stereocenters. The van der Waals surface area contributed by atoms with Crippen LogP contribution in [0.4, 0.5) is 0 Å². The molecule has 0 aromatic heterocycles. The van der Waals surface area contributed by atoms with Crippen molar-refractivity contribution < 1.29 is 8.42 Å². The van der Waals surface area contributed by atoms with Gasteiger partial charge in [0.2, 0.25) is 0 Å². The molecule has 0 spiro atoms. The fraction of sp³-hybridized carbons (Fsp3) is 1.00. The molecule has 0 heterocycles. The van der Waals surface area contributed by atoms with E-state index in [9.17, 15) is 8.42 Å². The first-order chi connectivity index (χ1) is 8.91. The summed E-state index contributed by atoms with van der Waals surface area (Å²) in [5.41, 5.74) is 0.223.